The summed E-state index contributed by atoms with van der Waals surface area (Å²) in [5.74, 6) is -0.841. The first kappa shape index (κ1) is 13.5. The molecule has 1 aromatic heterocycles. The van der Waals surface area contributed by atoms with Crippen LogP contribution in [0.2, 0.25) is 0 Å². The molecule has 0 bridgehead atoms. The topological polar surface area (TPSA) is 58.4 Å². The number of anilines is 1. The first-order valence-corrected chi connectivity index (χ1v) is 6.72. The first-order chi connectivity index (χ1) is 9.08. The van der Waals surface area contributed by atoms with Crippen LogP contribution in [0, 0.1) is 0 Å². The molecule has 100 valence electrons. The van der Waals surface area contributed by atoms with E-state index in [1.165, 1.54) is 11.8 Å². The van der Waals surface area contributed by atoms with Gasteiger partial charge in [0.25, 0.3) is 0 Å². The summed E-state index contributed by atoms with van der Waals surface area (Å²) in [6, 6.07) is 7.99. The number of carboxylic acid groups (broad SMARTS) is 1. The van der Waals surface area contributed by atoms with Gasteiger partial charge in [-0.2, -0.15) is 0 Å². The summed E-state index contributed by atoms with van der Waals surface area (Å²) in [7, 11) is 3.96. The molecule has 0 fully saturated rings. The first-order valence-electron chi connectivity index (χ1n) is 5.73. The van der Waals surface area contributed by atoms with E-state index in [1.54, 1.807) is 6.20 Å². The number of carbonyl (C=O) groups is 1. The summed E-state index contributed by atoms with van der Waals surface area (Å²) in [6.07, 6.45) is 3.51. The number of benzene rings is 1. The van der Waals surface area contributed by atoms with Crippen LogP contribution in [0.4, 0.5) is 5.69 Å². The maximum absolute atomic E-state index is 10.6. The van der Waals surface area contributed by atoms with E-state index in [0.29, 0.717) is 5.16 Å². The van der Waals surface area contributed by atoms with Crippen molar-refractivity contribution >= 4 is 23.4 Å². The summed E-state index contributed by atoms with van der Waals surface area (Å²) in [5, 5.41) is 9.41. The average Bonchev–Trinajstić information content (AvgIpc) is 2.84. The Morgan fingerprint density at radius 3 is 2.95 bits per heavy atom. The van der Waals surface area contributed by atoms with Gasteiger partial charge in [0.05, 0.1) is 5.75 Å². The van der Waals surface area contributed by atoms with Crippen molar-refractivity contribution in [3.8, 4) is 5.69 Å². The fourth-order valence-electron chi connectivity index (χ4n) is 1.64. The molecule has 2 aromatic rings. The Bertz CT molecular complexity index is 581. The molecule has 1 aromatic carbocycles. The highest BCUT2D eigenvalue weighted by molar-refractivity contribution is 7.99. The Kier molecular flexibility index (Phi) is 4.11. The fraction of sp³-hybridized carbons (Fsp3) is 0.231. The number of nitrogens with zero attached hydrogens (tertiary/aromatic N) is 3. The van der Waals surface area contributed by atoms with Crippen LogP contribution in [0.3, 0.4) is 0 Å². The monoisotopic (exact) mass is 277 g/mol. The van der Waals surface area contributed by atoms with Crippen LogP contribution in [0.1, 0.15) is 0 Å². The highest BCUT2D eigenvalue weighted by atomic mass is 32.2. The molecule has 19 heavy (non-hydrogen) atoms. The molecule has 0 radical (unpaired) electrons. The number of rotatable bonds is 5. The smallest absolute Gasteiger partial charge is 0.313 e. The molecule has 0 unspecified atom stereocenters. The number of aliphatic carboxylic acids is 1. The van der Waals surface area contributed by atoms with Crippen molar-refractivity contribution in [1.82, 2.24) is 9.55 Å². The third-order valence-electron chi connectivity index (χ3n) is 2.56. The summed E-state index contributed by atoms with van der Waals surface area (Å²) in [6.45, 7) is 0. The molecule has 2 rings (SSSR count). The second-order valence-corrected chi connectivity index (χ2v) is 5.12. The molecule has 0 atom stereocenters. The molecule has 0 saturated heterocycles. The molecule has 6 heteroatoms. The lowest BCUT2D eigenvalue weighted by atomic mass is 10.2. The van der Waals surface area contributed by atoms with Gasteiger partial charge in [-0.05, 0) is 18.2 Å². The van der Waals surface area contributed by atoms with Crippen LogP contribution in [0.15, 0.2) is 41.8 Å². The van der Waals surface area contributed by atoms with Crippen LogP contribution in [-0.2, 0) is 4.79 Å². The van der Waals surface area contributed by atoms with Gasteiger partial charge in [-0.1, -0.05) is 17.8 Å². The van der Waals surface area contributed by atoms with E-state index < -0.39 is 5.97 Å². The standard InChI is InChI=1S/C13H15N3O2S/c1-15(2)10-4-3-5-11(8-10)16-7-6-14-13(16)19-9-12(17)18/h3-8H,9H2,1-2H3,(H,17,18). The number of hydrogen-bond acceptors (Lipinski definition) is 4. The van der Waals surface area contributed by atoms with Crippen LogP contribution in [0.5, 0.6) is 0 Å². The summed E-state index contributed by atoms with van der Waals surface area (Å²) in [5.41, 5.74) is 2.05. The van der Waals surface area contributed by atoms with Gasteiger partial charge in [0, 0.05) is 37.9 Å². The minimum absolute atomic E-state index is 0.00435. The van der Waals surface area contributed by atoms with E-state index in [2.05, 4.69) is 4.98 Å². The fourth-order valence-corrected chi connectivity index (χ4v) is 2.33. The normalized spacial score (nSPS) is 10.4. The summed E-state index contributed by atoms with van der Waals surface area (Å²) in [4.78, 5) is 16.8. The van der Waals surface area contributed by atoms with E-state index in [1.807, 2.05) is 54.0 Å². The number of carboxylic acids is 1. The van der Waals surface area contributed by atoms with Gasteiger partial charge in [-0.25, -0.2) is 4.98 Å². The average molecular weight is 277 g/mol. The zero-order chi connectivity index (χ0) is 13.8. The number of imidazole rings is 1. The molecule has 0 amide bonds. The van der Waals surface area contributed by atoms with Gasteiger partial charge in [0.1, 0.15) is 0 Å². The molecule has 1 heterocycles. The van der Waals surface area contributed by atoms with E-state index in [4.69, 9.17) is 5.11 Å². The zero-order valence-corrected chi connectivity index (χ0v) is 11.6. The van der Waals surface area contributed by atoms with Gasteiger partial charge < -0.3 is 10.0 Å². The second-order valence-electron chi connectivity index (χ2n) is 4.18. The van der Waals surface area contributed by atoms with Crippen LogP contribution >= 0.6 is 11.8 Å². The van der Waals surface area contributed by atoms with Crippen molar-refractivity contribution in [2.24, 2.45) is 0 Å². The Balaban J connectivity index is 2.29. The molecular weight excluding hydrogens is 262 g/mol. The van der Waals surface area contributed by atoms with Crippen molar-refractivity contribution in [3.63, 3.8) is 0 Å². The second kappa shape index (κ2) is 5.79. The summed E-state index contributed by atoms with van der Waals surface area (Å²) < 4.78 is 1.89. The molecule has 0 aliphatic rings. The highest BCUT2D eigenvalue weighted by Gasteiger charge is 2.08. The van der Waals surface area contributed by atoms with Crippen molar-refractivity contribution in [3.05, 3.63) is 36.7 Å². The molecule has 0 saturated carbocycles. The lowest BCUT2D eigenvalue weighted by Crippen LogP contribution is -2.09. The minimum atomic E-state index is -0.846. The third kappa shape index (κ3) is 3.29. The lowest BCUT2D eigenvalue weighted by molar-refractivity contribution is -0.133. The molecule has 0 aliphatic carbocycles. The predicted molar refractivity (Wildman–Crippen MR) is 76.3 cm³/mol. The Hall–Kier alpha value is -1.95. The molecule has 0 spiro atoms. The SMILES string of the molecule is CN(C)c1cccc(-n2ccnc2SCC(=O)O)c1. The predicted octanol–water partition coefficient (Wildman–Crippen LogP) is 2.11. The van der Waals surface area contributed by atoms with E-state index >= 15 is 0 Å². The van der Waals surface area contributed by atoms with Crippen molar-refractivity contribution in [2.75, 3.05) is 24.7 Å². The minimum Gasteiger partial charge on any atom is -0.481 e. The van der Waals surface area contributed by atoms with Gasteiger partial charge in [0.15, 0.2) is 5.16 Å². The van der Waals surface area contributed by atoms with Gasteiger partial charge in [-0.3, -0.25) is 9.36 Å². The van der Waals surface area contributed by atoms with E-state index in [9.17, 15) is 4.79 Å². The van der Waals surface area contributed by atoms with Gasteiger partial charge >= 0.3 is 5.97 Å². The quantitative estimate of drug-likeness (QED) is 0.848. The summed E-state index contributed by atoms with van der Waals surface area (Å²) >= 11 is 1.21. The maximum atomic E-state index is 10.6. The Morgan fingerprint density at radius 1 is 1.47 bits per heavy atom. The van der Waals surface area contributed by atoms with Crippen molar-refractivity contribution in [2.45, 2.75) is 5.16 Å². The Morgan fingerprint density at radius 2 is 2.26 bits per heavy atom. The molecular formula is C13H15N3O2S. The number of thioether (sulfide) groups is 1. The number of hydrogen-bond donors (Lipinski definition) is 1. The molecule has 5 nitrogen and oxygen atoms in total. The van der Waals surface area contributed by atoms with Gasteiger partial charge in [-0.15, -0.1) is 0 Å². The number of aromatic nitrogens is 2. The van der Waals surface area contributed by atoms with Crippen molar-refractivity contribution in [1.29, 1.82) is 0 Å². The third-order valence-corrected chi connectivity index (χ3v) is 3.51. The van der Waals surface area contributed by atoms with Crippen LogP contribution < -0.4 is 4.90 Å². The molecule has 0 aliphatic heterocycles. The maximum Gasteiger partial charge on any atom is 0.313 e. The highest BCUT2D eigenvalue weighted by Crippen LogP contribution is 2.23. The van der Waals surface area contributed by atoms with Crippen LogP contribution in [-0.4, -0.2) is 40.5 Å². The zero-order valence-electron chi connectivity index (χ0n) is 10.8. The van der Waals surface area contributed by atoms with E-state index in [-0.39, 0.29) is 5.75 Å². The van der Waals surface area contributed by atoms with Crippen LogP contribution in [0.25, 0.3) is 5.69 Å². The largest absolute Gasteiger partial charge is 0.481 e. The lowest BCUT2D eigenvalue weighted by Gasteiger charge is -2.14. The van der Waals surface area contributed by atoms with Crippen molar-refractivity contribution < 1.29 is 9.90 Å². The Labute approximate surface area is 115 Å². The molecule has 1 N–H and O–H groups in total. The van der Waals surface area contributed by atoms with E-state index in [0.717, 1.165) is 11.4 Å². The van der Waals surface area contributed by atoms with Gasteiger partial charge in [0.2, 0.25) is 0 Å².